The number of anilines is 1. The molecule has 0 fully saturated rings. The SMILES string of the molecule is COc1cc(OC)cc(-c2nc3n(n2)C(c2ccc(OC)c(OC)c2)C2=C(CC(C)(C)CC2=O)N3)c1. The predicted molar refractivity (Wildman–Crippen MR) is 135 cm³/mol. The molecule has 1 aromatic heterocycles. The number of rotatable bonds is 6. The average Bonchev–Trinajstić information content (AvgIpc) is 3.29. The maximum atomic E-state index is 13.5. The Morgan fingerprint density at radius 1 is 0.917 bits per heavy atom. The van der Waals surface area contributed by atoms with Gasteiger partial charge in [0.15, 0.2) is 23.1 Å². The van der Waals surface area contributed by atoms with Crippen LogP contribution in [-0.4, -0.2) is 49.0 Å². The Morgan fingerprint density at radius 2 is 1.61 bits per heavy atom. The summed E-state index contributed by atoms with van der Waals surface area (Å²) in [6.45, 7) is 4.21. The first-order valence-electron chi connectivity index (χ1n) is 11.7. The van der Waals surface area contributed by atoms with E-state index in [1.807, 2.05) is 30.3 Å². The van der Waals surface area contributed by atoms with E-state index in [1.165, 1.54) is 0 Å². The highest BCUT2D eigenvalue weighted by molar-refractivity contribution is 6.00. The largest absolute Gasteiger partial charge is 0.497 e. The van der Waals surface area contributed by atoms with Crippen molar-refractivity contribution >= 4 is 11.7 Å². The third-order valence-electron chi connectivity index (χ3n) is 6.66. The predicted octanol–water partition coefficient (Wildman–Crippen LogP) is 4.64. The van der Waals surface area contributed by atoms with E-state index in [0.29, 0.717) is 46.8 Å². The van der Waals surface area contributed by atoms with Gasteiger partial charge < -0.3 is 24.3 Å². The summed E-state index contributed by atoms with van der Waals surface area (Å²) in [6.07, 6.45) is 1.19. The minimum absolute atomic E-state index is 0.0966. The van der Waals surface area contributed by atoms with Gasteiger partial charge in [0.25, 0.3) is 0 Å². The van der Waals surface area contributed by atoms with Gasteiger partial charge in [-0.2, -0.15) is 4.98 Å². The summed E-state index contributed by atoms with van der Waals surface area (Å²) < 4.78 is 23.6. The average molecular weight is 491 g/mol. The number of hydrogen-bond donors (Lipinski definition) is 1. The molecule has 0 saturated heterocycles. The summed E-state index contributed by atoms with van der Waals surface area (Å²) in [7, 11) is 6.40. The molecule has 5 rings (SSSR count). The molecule has 1 atom stereocenters. The van der Waals surface area contributed by atoms with E-state index in [4.69, 9.17) is 29.0 Å². The highest BCUT2D eigenvalue weighted by Gasteiger charge is 2.42. The van der Waals surface area contributed by atoms with Crippen molar-refractivity contribution in [2.45, 2.75) is 32.7 Å². The fourth-order valence-corrected chi connectivity index (χ4v) is 5.00. The fraction of sp³-hybridized carbons (Fsp3) is 0.370. The van der Waals surface area contributed by atoms with Crippen molar-refractivity contribution in [1.82, 2.24) is 14.8 Å². The number of benzene rings is 2. The Labute approximate surface area is 210 Å². The van der Waals surface area contributed by atoms with E-state index in [1.54, 1.807) is 39.2 Å². The molecular weight excluding hydrogens is 460 g/mol. The van der Waals surface area contributed by atoms with Crippen molar-refractivity contribution < 1.29 is 23.7 Å². The van der Waals surface area contributed by atoms with Crippen molar-refractivity contribution in [2.75, 3.05) is 33.8 Å². The number of hydrogen-bond acceptors (Lipinski definition) is 8. The van der Waals surface area contributed by atoms with E-state index >= 15 is 0 Å². The lowest BCUT2D eigenvalue weighted by Crippen LogP contribution is -2.36. The molecule has 0 amide bonds. The van der Waals surface area contributed by atoms with Crippen LogP contribution in [0, 0.1) is 5.41 Å². The first-order valence-corrected chi connectivity index (χ1v) is 11.7. The second kappa shape index (κ2) is 8.89. The lowest BCUT2D eigenvalue weighted by Gasteiger charge is -2.38. The molecule has 9 heteroatoms. The van der Waals surface area contributed by atoms with Gasteiger partial charge in [-0.05, 0) is 41.7 Å². The Bertz CT molecular complexity index is 1350. The monoisotopic (exact) mass is 490 g/mol. The molecule has 0 saturated carbocycles. The molecule has 0 radical (unpaired) electrons. The van der Waals surface area contributed by atoms with E-state index in [2.05, 4.69) is 19.2 Å². The smallest absolute Gasteiger partial charge is 0.226 e. The zero-order chi connectivity index (χ0) is 25.6. The maximum absolute atomic E-state index is 13.5. The summed E-state index contributed by atoms with van der Waals surface area (Å²) >= 11 is 0. The van der Waals surface area contributed by atoms with Crippen LogP contribution in [0.15, 0.2) is 47.7 Å². The van der Waals surface area contributed by atoms with Crippen LogP contribution in [0.25, 0.3) is 11.4 Å². The Kier molecular flexibility index (Phi) is 5.86. The minimum Gasteiger partial charge on any atom is -0.497 e. The zero-order valence-electron chi connectivity index (χ0n) is 21.3. The van der Waals surface area contributed by atoms with Gasteiger partial charge in [-0.25, -0.2) is 4.68 Å². The number of allylic oxidation sites excluding steroid dienone is 2. The van der Waals surface area contributed by atoms with Gasteiger partial charge in [0.2, 0.25) is 5.95 Å². The number of nitrogens with one attached hydrogen (secondary N) is 1. The fourth-order valence-electron chi connectivity index (χ4n) is 5.00. The lowest BCUT2D eigenvalue weighted by molar-refractivity contribution is -0.118. The number of carbonyl (C=O) groups is 1. The molecular formula is C27H30N4O5. The normalized spacial score (nSPS) is 18.2. The van der Waals surface area contributed by atoms with Crippen LogP contribution in [-0.2, 0) is 4.79 Å². The third-order valence-corrected chi connectivity index (χ3v) is 6.66. The molecule has 0 bridgehead atoms. The standard InChI is InChI=1S/C27H30N4O5/c1-27(2)13-19-23(20(32)14-27)24(15-7-8-21(35-5)22(11-15)36-6)31-26(28-19)29-25(30-31)16-9-17(33-3)12-18(10-16)34-4/h7-12,24H,13-14H2,1-6H3,(H,28,29,30). The van der Waals surface area contributed by atoms with Crippen LogP contribution in [0.3, 0.4) is 0 Å². The molecule has 9 nitrogen and oxygen atoms in total. The number of nitrogens with zero attached hydrogens (tertiary/aromatic N) is 3. The quantitative estimate of drug-likeness (QED) is 0.534. The molecule has 2 heterocycles. The van der Waals surface area contributed by atoms with E-state index in [0.717, 1.165) is 23.2 Å². The Hall–Kier alpha value is -4.01. The van der Waals surface area contributed by atoms with Gasteiger partial charge in [0, 0.05) is 29.3 Å². The second-order valence-corrected chi connectivity index (χ2v) is 9.78. The first kappa shape index (κ1) is 23.7. The van der Waals surface area contributed by atoms with Crippen LogP contribution in [0.4, 0.5) is 5.95 Å². The molecule has 1 unspecified atom stereocenters. The minimum atomic E-state index is -0.464. The van der Waals surface area contributed by atoms with Gasteiger partial charge >= 0.3 is 0 Å². The zero-order valence-corrected chi connectivity index (χ0v) is 21.3. The molecule has 2 aromatic carbocycles. The molecule has 1 aliphatic carbocycles. The molecule has 188 valence electrons. The number of fused-ring (bicyclic) bond motifs is 1. The van der Waals surface area contributed by atoms with Crippen LogP contribution < -0.4 is 24.3 Å². The summed E-state index contributed by atoms with van der Waals surface area (Å²) in [6, 6.07) is 10.7. The highest BCUT2D eigenvalue weighted by atomic mass is 16.5. The summed E-state index contributed by atoms with van der Waals surface area (Å²) in [5.74, 6) is 3.62. The summed E-state index contributed by atoms with van der Waals surface area (Å²) in [4.78, 5) is 18.3. The van der Waals surface area contributed by atoms with Crippen LogP contribution in [0.1, 0.15) is 38.3 Å². The number of Topliss-reactive ketones (excluding diaryl/α,β-unsaturated/α-hetero) is 1. The number of carbonyl (C=O) groups excluding carboxylic acids is 1. The van der Waals surface area contributed by atoms with Crippen molar-refractivity contribution in [3.63, 3.8) is 0 Å². The number of ether oxygens (including phenoxy) is 4. The lowest BCUT2D eigenvalue weighted by atomic mass is 9.73. The van der Waals surface area contributed by atoms with Gasteiger partial charge in [-0.3, -0.25) is 4.79 Å². The van der Waals surface area contributed by atoms with Gasteiger partial charge in [0.1, 0.15) is 17.5 Å². The van der Waals surface area contributed by atoms with Gasteiger partial charge in [-0.15, -0.1) is 5.10 Å². The van der Waals surface area contributed by atoms with Crippen molar-refractivity contribution in [2.24, 2.45) is 5.41 Å². The Balaban J connectivity index is 1.69. The van der Waals surface area contributed by atoms with Crippen molar-refractivity contribution in [1.29, 1.82) is 0 Å². The summed E-state index contributed by atoms with van der Waals surface area (Å²) in [5.41, 5.74) is 3.02. The highest BCUT2D eigenvalue weighted by Crippen LogP contribution is 2.46. The van der Waals surface area contributed by atoms with E-state index < -0.39 is 6.04 Å². The van der Waals surface area contributed by atoms with Crippen LogP contribution in [0.2, 0.25) is 0 Å². The van der Waals surface area contributed by atoms with Gasteiger partial charge in [0.05, 0.1) is 28.4 Å². The van der Waals surface area contributed by atoms with Crippen molar-refractivity contribution in [3.8, 4) is 34.4 Å². The molecule has 0 spiro atoms. The maximum Gasteiger partial charge on any atom is 0.226 e. The molecule has 2 aliphatic rings. The number of aromatic nitrogens is 3. The molecule has 3 aromatic rings. The Morgan fingerprint density at radius 3 is 2.25 bits per heavy atom. The molecule has 36 heavy (non-hydrogen) atoms. The van der Waals surface area contributed by atoms with Crippen LogP contribution >= 0.6 is 0 Å². The summed E-state index contributed by atoms with van der Waals surface area (Å²) in [5, 5.41) is 8.28. The number of methoxy groups -OCH3 is 4. The van der Waals surface area contributed by atoms with E-state index in [9.17, 15) is 4.79 Å². The van der Waals surface area contributed by atoms with Crippen LogP contribution in [0.5, 0.6) is 23.0 Å². The van der Waals surface area contributed by atoms with E-state index in [-0.39, 0.29) is 11.2 Å². The molecule has 1 aliphatic heterocycles. The topological polar surface area (TPSA) is 96.7 Å². The third kappa shape index (κ3) is 4.04. The second-order valence-electron chi connectivity index (χ2n) is 9.78. The molecule has 1 N–H and O–H groups in total. The number of ketones is 1. The van der Waals surface area contributed by atoms with Crippen molar-refractivity contribution in [3.05, 3.63) is 53.2 Å². The van der Waals surface area contributed by atoms with Gasteiger partial charge in [-0.1, -0.05) is 19.9 Å². The first-order chi connectivity index (χ1) is 17.3.